The first-order chi connectivity index (χ1) is 10.2. The van der Waals surface area contributed by atoms with Gasteiger partial charge in [-0.2, -0.15) is 0 Å². The Labute approximate surface area is 124 Å². The molecule has 21 heavy (non-hydrogen) atoms. The van der Waals surface area contributed by atoms with Gasteiger partial charge in [-0.05, 0) is 37.7 Å². The van der Waals surface area contributed by atoms with Crippen LogP contribution in [0.3, 0.4) is 0 Å². The zero-order chi connectivity index (χ0) is 14.7. The second-order valence-corrected chi connectivity index (χ2v) is 6.13. The van der Waals surface area contributed by atoms with Crippen LogP contribution in [0.2, 0.25) is 0 Å². The minimum Gasteiger partial charge on any atom is -0.396 e. The number of carbonyl (C=O) groups excluding carboxylic acids is 1. The maximum Gasteiger partial charge on any atom is 0.228 e. The zero-order valence-corrected chi connectivity index (χ0v) is 12.2. The van der Waals surface area contributed by atoms with Crippen molar-refractivity contribution in [3.05, 3.63) is 18.5 Å². The molecule has 1 aromatic heterocycles. The Hall–Kier alpha value is -1.69. The molecule has 0 aromatic carbocycles. The van der Waals surface area contributed by atoms with Crippen molar-refractivity contribution in [1.29, 1.82) is 0 Å². The first kappa shape index (κ1) is 14.3. The lowest BCUT2D eigenvalue weighted by Crippen LogP contribution is -2.44. The molecule has 1 saturated heterocycles. The van der Waals surface area contributed by atoms with Gasteiger partial charge < -0.3 is 15.3 Å². The molecule has 1 aliphatic heterocycles. The molecule has 1 aromatic rings. The van der Waals surface area contributed by atoms with Gasteiger partial charge in [0.25, 0.3) is 0 Å². The molecule has 2 N–H and O–H groups in total. The largest absolute Gasteiger partial charge is 0.396 e. The second kappa shape index (κ2) is 5.97. The van der Waals surface area contributed by atoms with Crippen molar-refractivity contribution in [2.75, 3.05) is 31.1 Å². The molecule has 2 aliphatic rings. The summed E-state index contributed by atoms with van der Waals surface area (Å²) in [4.78, 5) is 23.1. The number of anilines is 1. The summed E-state index contributed by atoms with van der Waals surface area (Å²) in [5.74, 6) is 1.39. The molecule has 3 rings (SSSR count). The summed E-state index contributed by atoms with van der Waals surface area (Å²) in [6, 6.07) is 1.78. The van der Waals surface area contributed by atoms with E-state index in [-0.39, 0.29) is 12.5 Å². The summed E-state index contributed by atoms with van der Waals surface area (Å²) >= 11 is 0. The average molecular weight is 290 g/mol. The van der Waals surface area contributed by atoms with Crippen molar-refractivity contribution in [1.82, 2.24) is 15.3 Å². The first-order valence-corrected chi connectivity index (χ1v) is 7.65. The highest BCUT2D eigenvalue weighted by Crippen LogP contribution is 2.36. The average Bonchev–Trinajstić information content (AvgIpc) is 3.25. The van der Waals surface area contributed by atoms with Crippen LogP contribution < -0.4 is 10.2 Å². The Morgan fingerprint density at radius 1 is 1.43 bits per heavy atom. The van der Waals surface area contributed by atoms with Crippen LogP contribution in [0.15, 0.2) is 18.5 Å². The number of nitrogens with zero attached hydrogens (tertiary/aromatic N) is 3. The molecule has 1 atom stereocenters. The van der Waals surface area contributed by atoms with Gasteiger partial charge in [0, 0.05) is 38.6 Å². The number of hydrogen-bond donors (Lipinski definition) is 2. The lowest BCUT2D eigenvalue weighted by Gasteiger charge is -2.27. The molecule has 0 spiro atoms. The Morgan fingerprint density at radius 3 is 2.86 bits per heavy atom. The predicted molar refractivity (Wildman–Crippen MR) is 78.7 cm³/mol. The number of nitrogens with one attached hydrogen (secondary N) is 1. The van der Waals surface area contributed by atoms with Gasteiger partial charge in [0.1, 0.15) is 0 Å². The monoisotopic (exact) mass is 290 g/mol. The third-order valence-electron chi connectivity index (χ3n) is 4.51. The van der Waals surface area contributed by atoms with Crippen LogP contribution in [0.1, 0.15) is 25.7 Å². The number of aliphatic hydroxyl groups excluding tert-OH is 1. The van der Waals surface area contributed by atoms with E-state index in [0.29, 0.717) is 24.8 Å². The normalized spacial score (nSPS) is 25.1. The highest BCUT2D eigenvalue weighted by atomic mass is 16.3. The maximum atomic E-state index is 12.6. The predicted octanol–water partition coefficient (Wildman–Crippen LogP) is 0.582. The van der Waals surface area contributed by atoms with Crippen LogP contribution >= 0.6 is 0 Å². The second-order valence-electron chi connectivity index (χ2n) is 6.13. The molecule has 6 nitrogen and oxygen atoms in total. The standard InChI is InChI=1S/C15H22N4O2/c20-9-5-15(13(21)18-10-12-2-3-12)4-8-19(11-15)14-16-6-1-7-17-14/h1,6-7,12,20H,2-5,8-11H2,(H,18,21)/t15-/m1/s1. The molecule has 114 valence electrons. The van der Waals surface area contributed by atoms with E-state index < -0.39 is 5.41 Å². The first-order valence-electron chi connectivity index (χ1n) is 7.65. The summed E-state index contributed by atoms with van der Waals surface area (Å²) in [6.45, 7) is 2.13. The molecule has 1 saturated carbocycles. The Morgan fingerprint density at radius 2 is 2.19 bits per heavy atom. The van der Waals surface area contributed by atoms with Gasteiger partial charge in [-0.15, -0.1) is 0 Å². The number of aromatic nitrogens is 2. The summed E-state index contributed by atoms with van der Waals surface area (Å²) in [7, 11) is 0. The van der Waals surface area contributed by atoms with Gasteiger partial charge >= 0.3 is 0 Å². The summed E-state index contributed by atoms with van der Waals surface area (Å²) in [5, 5.41) is 12.4. The Balaban J connectivity index is 1.68. The molecule has 0 radical (unpaired) electrons. The minimum absolute atomic E-state index is 0.0281. The van der Waals surface area contributed by atoms with E-state index >= 15 is 0 Å². The van der Waals surface area contributed by atoms with E-state index in [1.807, 2.05) is 4.90 Å². The van der Waals surface area contributed by atoms with Crippen molar-refractivity contribution in [3.8, 4) is 0 Å². The molecular weight excluding hydrogens is 268 g/mol. The fourth-order valence-electron chi connectivity index (χ4n) is 2.96. The van der Waals surface area contributed by atoms with Crippen LogP contribution in [0.4, 0.5) is 5.95 Å². The van der Waals surface area contributed by atoms with Gasteiger partial charge in [0.2, 0.25) is 11.9 Å². The lowest BCUT2D eigenvalue weighted by atomic mass is 9.82. The van der Waals surface area contributed by atoms with Gasteiger partial charge in [0.15, 0.2) is 0 Å². The van der Waals surface area contributed by atoms with Crippen molar-refractivity contribution in [2.45, 2.75) is 25.7 Å². The summed E-state index contributed by atoms with van der Waals surface area (Å²) in [5.41, 5.74) is -0.511. The van der Waals surface area contributed by atoms with E-state index in [1.165, 1.54) is 12.8 Å². The van der Waals surface area contributed by atoms with Crippen LogP contribution in [-0.2, 0) is 4.79 Å². The summed E-state index contributed by atoms with van der Waals surface area (Å²) < 4.78 is 0. The van der Waals surface area contributed by atoms with Crippen molar-refractivity contribution >= 4 is 11.9 Å². The smallest absolute Gasteiger partial charge is 0.228 e. The van der Waals surface area contributed by atoms with Crippen LogP contribution in [-0.4, -0.2) is 47.2 Å². The Kier molecular flexibility index (Phi) is 4.05. The van der Waals surface area contributed by atoms with Crippen molar-refractivity contribution in [2.24, 2.45) is 11.3 Å². The molecule has 2 heterocycles. The van der Waals surface area contributed by atoms with E-state index in [9.17, 15) is 9.90 Å². The quantitative estimate of drug-likeness (QED) is 0.801. The van der Waals surface area contributed by atoms with Gasteiger partial charge in [-0.3, -0.25) is 4.79 Å². The lowest BCUT2D eigenvalue weighted by molar-refractivity contribution is -0.130. The van der Waals surface area contributed by atoms with Crippen LogP contribution in [0.5, 0.6) is 0 Å². The molecule has 1 amide bonds. The number of rotatable bonds is 6. The molecule has 2 fully saturated rings. The van der Waals surface area contributed by atoms with Gasteiger partial charge in [-0.1, -0.05) is 0 Å². The highest BCUT2D eigenvalue weighted by molar-refractivity contribution is 5.84. The molecule has 0 bridgehead atoms. The highest BCUT2D eigenvalue weighted by Gasteiger charge is 2.45. The van der Waals surface area contributed by atoms with Crippen LogP contribution in [0, 0.1) is 11.3 Å². The molecule has 0 unspecified atom stereocenters. The number of hydrogen-bond acceptors (Lipinski definition) is 5. The topological polar surface area (TPSA) is 78.4 Å². The van der Waals surface area contributed by atoms with Crippen molar-refractivity contribution < 1.29 is 9.90 Å². The third kappa shape index (κ3) is 3.15. The third-order valence-corrected chi connectivity index (χ3v) is 4.51. The fraction of sp³-hybridized carbons (Fsp3) is 0.667. The molecule has 1 aliphatic carbocycles. The Bertz CT molecular complexity index is 492. The van der Waals surface area contributed by atoms with E-state index in [0.717, 1.165) is 19.5 Å². The molecule has 6 heteroatoms. The van der Waals surface area contributed by atoms with Gasteiger partial charge in [0.05, 0.1) is 5.41 Å². The summed E-state index contributed by atoms with van der Waals surface area (Å²) in [6.07, 6.45) is 7.09. The number of aliphatic hydroxyl groups is 1. The van der Waals surface area contributed by atoms with Crippen LogP contribution in [0.25, 0.3) is 0 Å². The van der Waals surface area contributed by atoms with Crippen molar-refractivity contribution in [3.63, 3.8) is 0 Å². The fourth-order valence-corrected chi connectivity index (χ4v) is 2.96. The SMILES string of the molecule is O=C(NCC1CC1)[C@@]1(CCO)CCN(c2ncccn2)C1. The number of carbonyl (C=O) groups is 1. The van der Waals surface area contributed by atoms with E-state index in [1.54, 1.807) is 18.5 Å². The zero-order valence-electron chi connectivity index (χ0n) is 12.2. The number of amides is 1. The van der Waals surface area contributed by atoms with E-state index in [4.69, 9.17) is 0 Å². The van der Waals surface area contributed by atoms with E-state index in [2.05, 4.69) is 15.3 Å². The van der Waals surface area contributed by atoms with Gasteiger partial charge in [-0.25, -0.2) is 9.97 Å². The minimum atomic E-state index is -0.511. The molecular formula is C15H22N4O2. The maximum absolute atomic E-state index is 12.6.